The van der Waals surface area contributed by atoms with Crippen LogP contribution in [0.2, 0.25) is 0 Å². The molecule has 1 N–H and O–H groups in total. The van der Waals surface area contributed by atoms with E-state index >= 15 is 0 Å². The molecule has 3 aromatic rings. The standard InChI is InChI=1S/C25H20BrN3O4/c1-16-8-17(2)10-18(9-16)15-33-24-7-6-21(26)12-19(24)11-20(14-27)25(30)28-22-4-3-5-23(13-22)29(31)32/h3-13H,15H2,1-2H3,(H,28,30)/b20-11+. The van der Waals surface area contributed by atoms with E-state index in [1.54, 1.807) is 12.1 Å². The number of nitriles is 1. The summed E-state index contributed by atoms with van der Waals surface area (Å²) in [6.45, 7) is 4.36. The first-order valence-electron chi connectivity index (χ1n) is 9.92. The van der Waals surface area contributed by atoms with Crippen LogP contribution in [0, 0.1) is 35.3 Å². The molecule has 33 heavy (non-hydrogen) atoms. The molecule has 166 valence electrons. The van der Waals surface area contributed by atoms with E-state index in [0.717, 1.165) is 21.2 Å². The highest BCUT2D eigenvalue weighted by molar-refractivity contribution is 9.10. The maximum absolute atomic E-state index is 12.7. The van der Waals surface area contributed by atoms with Crippen molar-refractivity contribution in [3.05, 3.63) is 103 Å². The molecule has 0 aliphatic heterocycles. The number of rotatable bonds is 7. The summed E-state index contributed by atoms with van der Waals surface area (Å²) in [6, 6.07) is 18.9. The number of carbonyl (C=O) groups excluding carboxylic acids is 1. The first kappa shape index (κ1) is 23.7. The van der Waals surface area contributed by atoms with Gasteiger partial charge in [-0.05, 0) is 49.8 Å². The number of halogens is 1. The molecule has 0 radical (unpaired) electrons. The van der Waals surface area contributed by atoms with Gasteiger partial charge in [-0.25, -0.2) is 0 Å². The first-order valence-corrected chi connectivity index (χ1v) is 10.7. The zero-order valence-electron chi connectivity index (χ0n) is 18.0. The molecular formula is C25H20BrN3O4. The van der Waals surface area contributed by atoms with Gasteiger partial charge in [-0.2, -0.15) is 5.26 Å². The zero-order valence-corrected chi connectivity index (χ0v) is 19.5. The van der Waals surface area contributed by atoms with Gasteiger partial charge in [0.1, 0.15) is 24.0 Å². The molecule has 0 unspecified atom stereocenters. The lowest BCUT2D eigenvalue weighted by atomic mass is 10.1. The quantitative estimate of drug-likeness (QED) is 0.181. The van der Waals surface area contributed by atoms with Gasteiger partial charge in [0, 0.05) is 27.9 Å². The average Bonchev–Trinajstić information content (AvgIpc) is 2.76. The van der Waals surface area contributed by atoms with E-state index in [-0.39, 0.29) is 16.9 Å². The highest BCUT2D eigenvalue weighted by atomic mass is 79.9. The van der Waals surface area contributed by atoms with Gasteiger partial charge in [0.15, 0.2) is 0 Å². The molecule has 8 heteroatoms. The monoisotopic (exact) mass is 505 g/mol. The van der Waals surface area contributed by atoms with Crippen molar-refractivity contribution in [1.29, 1.82) is 5.26 Å². The van der Waals surface area contributed by atoms with Crippen molar-refractivity contribution < 1.29 is 14.5 Å². The minimum Gasteiger partial charge on any atom is -0.488 e. The molecule has 7 nitrogen and oxygen atoms in total. The molecule has 0 aliphatic carbocycles. The van der Waals surface area contributed by atoms with Crippen LogP contribution in [0.25, 0.3) is 6.08 Å². The SMILES string of the molecule is Cc1cc(C)cc(COc2ccc(Br)cc2/C=C(\C#N)C(=O)Nc2cccc([N+](=O)[O-])c2)c1. The van der Waals surface area contributed by atoms with Crippen LogP contribution in [0.4, 0.5) is 11.4 Å². The van der Waals surface area contributed by atoms with Crippen LogP contribution in [0.1, 0.15) is 22.3 Å². The average molecular weight is 506 g/mol. The minimum atomic E-state index is -0.682. The molecule has 3 rings (SSSR count). The van der Waals surface area contributed by atoms with Crippen LogP contribution in [-0.2, 0) is 11.4 Å². The summed E-state index contributed by atoms with van der Waals surface area (Å²) in [7, 11) is 0. The largest absolute Gasteiger partial charge is 0.488 e. The Labute approximate surface area is 199 Å². The summed E-state index contributed by atoms with van der Waals surface area (Å²) in [5.74, 6) is -0.175. The Hall–Kier alpha value is -3.96. The lowest BCUT2D eigenvalue weighted by Gasteiger charge is -2.12. The fraction of sp³-hybridized carbons (Fsp3) is 0.120. The maximum atomic E-state index is 12.7. The van der Waals surface area contributed by atoms with Gasteiger partial charge in [-0.15, -0.1) is 0 Å². The molecule has 0 saturated carbocycles. The predicted octanol–water partition coefficient (Wildman–Crippen LogP) is 6.10. The third kappa shape index (κ3) is 6.51. The number of nitro groups is 1. The van der Waals surface area contributed by atoms with Crippen molar-refractivity contribution in [1.82, 2.24) is 0 Å². The van der Waals surface area contributed by atoms with E-state index in [4.69, 9.17) is 4.74 Å². The Kier molecular flexibility index (Phi) is 7.59. The van der Waals surface area contributed by atoms with Crippen molar-refractivity contribution >= 4 is 39.3 Å². The van der Waals surface area contributed by atoms with Crippen molar-refractivity contribution in [3.8, 4) is 11.8 Å². The minimum absolute atomic E-state index is 0.163. The topological polar surface area (TPSA) is 105 Å². The molecule has 0 atom stereocenters. The maximum Gasteiger partial charge on any atom is 0.271 e. The van der Waals surface area contributed by atoms with Crippen LogP contribution in [0.15, 0.2) is 70.7 Å². The summed E-state index contributed by atoms with van der Waals surface area (Å²) < 4.78 is 6.75. The Bertz CT molecular complexity index is 1270. The molecule has 0 spiro atoms. The van der Waals surface area contributed by atoms with E-state index in [1.807, 2.05) is 38.1 Å². The summed E-state index contributed by atoms with van der Waals surface area (Å²) in [5, 5.41) is 23.0. The van der Waals surface area contributed by atoms with Crippen molar-refractivity contribution in [2.75, 3.05) is 5.32 Å². The predicted molar refractivity (Wildman–Crippen MR) is 130 cm³/mol. The number of nitrogens with zero attached hydrogens (tertiary/aromatic N) is 2. The third-order valence-electron chi connectivity index (χ3n) is 4.63. The normalized spacial score (nSPS) is 10.9. The summed E-state index contributed by atoms with van der Waals surface area (Å²) in [4.78, 5) is 23.0. The van der Waals surface area contributed by atoms with E-state index in [9.17, 15) is 20.2 Å². The number of ether oxygens (including phenoxy) is 1. The molecule has 3 aromatic carbocycles. The second kappa shape index (κ2) is 10.6. The van der Waals surface area contributed by atoms with Gasteiger partial charge in [-0.1, -0.05) is 51.3 Å². The number of benzene rings is 3. The smallest absolute Gasteiger partial charge is 0.271 e. The van der Waals surface area contributed by atoms with Gasteiger partial charge in [0.25, 0.3) is 11.6 Å². The van der Waals surface area contributed by atoms with Crippen LogP contribution >= 0.6 is 15.9 Å². The number of non-ortho nitro benzene ring substituents is 1. The summed E-state index contributed by atoms with van der Waals surface area (Å²) in [6.07, 6.45) is 1.42. The number of anilines is 1. The van der Waals surface area contributed by atoms with E-state index < -0.39 is 10.8 Å². The Balaban J connectivity index is 1.84. The van der Waals surface area contributed by atoms with E-state index in [2.05, 4.69) is 27.3 Å². The summed E-state index contributed by atoms with van der Waals surface area (Å²) in [5.41, 5.74) is 3.70. The number of hydrogen-bond acceptors (Lipinski definition) is 5. The lowest BCUT2D eigenvalue weighted by molar-refractivity contribution is -0.384. The number of carbonyl (C=O) groups is 1. The Morgan fingerprint density at radius 3 is 2.55 bits per heavy atom. The third-order valence-corrected chi connectivity index (χ3v) is 5.12. The molecule has 0 aromatic heterocycles. The van der Waals surface area contributed by atoms with Gasteiger partial charge < -0.3 is 10.1 Å². The van der Waals surface area contributed by atoms with Gasteiger partial charge in [-0.3, -0.25) is 14.9 Å². The number of nitro benzene ring substituents is 1. The molecule has 0 bridgehead atoms. The molecule has 0 heterocycles. The fourth-order valence-electron chi connectivity index (χ4n) is 3.28. The number of amides is 1. The van der Waals surface area contributed by atoms with Crippen LogP contribution < -0.4 is 10.1 Å². The van der Waals surface area contributed by atoms with Crippen LogP contribution in [0.3, 0.4) is 0 Å². The molecule has 0 fully saturated rings. The van der Waals surface area contributed by atoms with E-state index in [0.29, 0.717) is 17.9 Å². The highest BCUT2D eigenvalue weighted by Gasteiger charge is 2.14. The number of aryl methyl sites for hydroxylation is 2. The molecular weight excluding hydrogens is 486 g/mol. The van der Waals surface area contributed by atoms with Crippen LogP contribution in [-0.4, -0.2) is 10.8 Å². The number of hydrogen-bond donors (Lipinski definition) is 1. The van der Waals surface area contributed by atoms with E-state index in [1.165, 1.54) is 30.3 Å². The second-order valence-electron chi connectivity index (χ2n) is 7.40. The van der Waals surface area contributed by atoms with Crippen LogP contribution in [0.5, 0.6) is 5.75 Å². The lowest BCUT2D eigenvalue weighted by Crippen LogP contribution is -2.13. The molecule has 0 saturated heterocycles. The van der Waals surface area contributed by atoms with Crippen molar-refractivity contribution in [2.45, 2.75) is 20.5 Å². The summed E-state index contributed by atoms with van der Waals surface area (Å²) >= 11 is 3.40. The highest BCUT2D eigenvalue weighted by Crippen LogP contribution is 2.27. The van der Waals surface area contributed by atoms with Gasteiger partial charge in [0.2, 0.25) is 0 Å². The Morgan fingerprint density at radius 2 is 1.88 bits per heavy atom. The Morgan fingerprint density at radius 1 is 1.15 bits per heavy atom. The number of nitrogens with one attached hydrogen (secondary N) is 1. The second-order valence-corrected chi connectivity index (χ2v) is 8.31. The first-order chi connectivity index (χ1) is 15.7. The molecule has 1 amide bonds. The fourth-order valence-corrected chi connectivity index (χ4v) is 3.66. The zero-order chi connectivity index (χ0) is 24.0. The molecule has 0 aliphatic rings. The van der Waals surface area contributed by atoms with Gasteiger partial charge in [0.05, 0.1) is 4.92 Å². The van der Waals surface area contributed by atoms with Crippen molar-refractivity contribution in [2.24, 2.45) is 0 Å². The van der Waals surface area contributed by atoms with Gasteiger partial charge >= 0.3 is 0 Å². The van der Waals surface area contributed by atoms with Crippen molar-refractivity contribution in [3.63, 3.8) is 0 Å².